The minimum Gasteiger partial charge on any atom is -0.350 e. The molecule has 0 saturated heterocycles. The first-order chi connectivity index (χ1) is 11.4. The van der Waals surface area contributed by atoms with Crippen molar-refractivity contribution in [3.63, 3.8) is 0 Å². The zero-order valence-corrected chi connectivity index (χ0v) is 15.4. The summed E-state index contributed by atoms with van der Waals surface area (Å²) >= 11 is 11.8. The third kappa shape index (κ3) is 5.82. The Bertz CT molecular complexity index is 687. The van der Waals surface area contributed by atoms with Gasteiger partial charge in [0.2, 0.25) is 0 Å². The second-order valence-corrected chi connectivity index (χ2v) is 7.17. The van der Waals surface area contributed by atoms with Crippen LogP contribution in [0.1, 0.15) is 29.8 Å². The molecule has 0 aliphatic heterocycles. The van der Waals surface area contributed by atoms with Gasteiger partial charge in [-0.25, -0.2) is 0 Å². The topological polar surface area (TPSA) is 41.1 Å². The third-order valence-corrected chi connectivity index (χ3v) is 4.47. The summed E-state index contributed by atoms with van der Waals surface area (Å²) in [6.45, 7) is 5.49. The molecule has 24 heavy (non-hydrogen) atoms. The fourth-order valence-corrected chi connectivity index (χ4v) is 2.59. The fourth-order valence-electron chi connectivity index (χ4n) is 2.29. The van der Waals surface area contributed by atoms with E-state index in [1.807, 2.05) is 18.2 Å². The van der Waals surface area contributed by atoms with Gasteiger partial charge in [-0.15, -0.1) is 0 Å². The smallest absolute Gasteiger partial charge is 0.251 e. The summed E-state index contributed by atoms with van der Waals surface area (Å²) in [7, 11) is 0. The van der Waals surface area contributed by atoms with Crippen molar-refractivity contribution in [3.05, 3.63) is 69.7 Å². The molecule has 2 N–H and O–H groups in total. The van der Waals surface area contributed by atoms with Crippen LogP contribution in [0.2, 0.25) is 10.0 Å². The Morgan fingerprint density at radius 3 is 2.42 bits per heavy atom. The van der Waals surface area contributed by atoms with E-state index < -0.39 is 0 Å². The van der Waals surface area contributed by atoms with Gasteiger partial charge < -0.3 is 10.6 Å². The Kier molecular flexibility index (Phi) is 6.67. The van der Waals surface area contributed by atoms with Gasteiger partial charge in [0.05, 0.1) is 10.0 Å². The molecule has 0 radical (unpaired) electrons. The van der Waals surface area contributed by atoms with Crippen molar-refractivity contribution in [2.75, 3.05) is 13.1 Å². The molecule has 0 aromatic heterocycles. The standard InChI is InChI=1S/C19H22Cl2N2O/c1-19(2,23-11-10-14-6-4-3-5-7-14)13-22-18(24)15-8-9-16(20)17(21)12-15/h3-9,12,23H,10-11,13H2,1-2H3,(H,22,24). The van der Waals surface area contributed by atoms with Crippen molar-refractivity contribution >= 4 is 29.1 Å². The summed E-state index contributed by atoms with van der Waals surface area (Å²) in [5, 5.41) is 7.22. The maximum atomic E-state index is 12.2. The second-order valence-electron chi connectivity index (χ2n) is 6.36. The average molecular weight is 365 g/mol. The van der Waals surface area contributed by atoms with Crippen LogP contribution in [0.3, 0.4) is 0 Å². The Morgan fingerprint density at radius 1 is 1.04 bits per heavy atom. The van der Waals surface area contributed by atoms with Gasteiger partial charge in [0.1, 0.15) is 0 Å². The second kappa shape index (κ2) is 8.52. The van der Waals surface area contributed by atoms with E-state index in [1.54, 1.807) is 18.2 Å². The number of carbonyl (C=O) groups is 1. The first kappa shape index (κ1) is 18.8. The number of hydrogen-bond donors (Lipinski definition) is 2. The molecule has 0 unspecified atom stereocenters. The lowest BCUT2D eigenvalue weighted by molar-refractivity contribution is 0.0942. The van der Waals surface area contributed by atoms with Crippen LogP contribution in [-0.4, -0.2) is 24.5 Å². The molecular weight excluding hydrogens is 343 g/mol. The molecule has 5 heteroatoms. The summed E-state index contributed by atoms with van der Waals surface area (Å²) in [6, 6.07) is 15.2. The van der Waals surface area contributed by atoms with Crippen molar-refractivity contribution < 1.29 is 4.79 Å². The Balaban J connectivity index is 1.80. The molecule has 0 aliphatic rings. The van der Waals surface area contributed by atoms with Crippen molar-refractivity contribution in [1.82, 2.24) is 10.6 Å². The average Bonchev–Trinajstić information content (AvgIpc) is 2.56. The number of benzene rings is 2. The van der Waals surface area contributed by atoms with Gasteiger partial charge in [-0.2, -0.15) is 0 Å². The van der Waals surface area contributed by atoms with Crippen LogP contribution in [0, 0.1) is 0 Å². The summed E-state index contributed by atoms with van der Waals surface area (Å²) in [5.74, 6) is -0.161. The normalized spacial score (nSPS) is 11.3. The van der Waals surface area contributed by atoms with Gasteiger partial charge in [-0.05, 0) is 50.6 Å². The molecule has 1 amide bonds. The zero-order valence-electron chi connectivity index (χ0n) is 13.9. The number of carbonyl (C=O) groups excluding carboxylic acids is 1. The fraction of sp³-hybridized carbons (Fsp3) is 0.316. The highest BCUT2D eigenvalue weighted by Gasteiger charge is 2.18. The predicted octanol–water partition coefficient (Wildman–Crippen LogP) is 4.33. The zero-order chi connectivity index (χ0) is 17.6. The van der Waals surface area contributed by atoms with Crippen LogP contribution in [0.15, 0.2) is 48.5 Å². The number of hydrogen-bond acceptors (Lipinski definition) is 2. The molecule has 3 nitrogen and oxygen atoms in total. The molecular formula is C19H22Cl2N2O. The molecule has 2 aromatic carbocycles. The lowest BCUT2D eigenvalue weighted by Gasteiger charge is -2.27. The maximum Gasteiger partial charge on any atom is 0.251 e. The van der Waals surface area contributed by atoms with Gasteiger partial charge in [0, 0.05) is 17.6 Å². The third-order valence-electron chi connectivity index (χ3n) is 3.73. The quantitative estimate of drug-likeness (QED) is 0.767. The first-order valence-corrected chi connectivity index (χ1v) is 8.65. The van der Waals surface area contributed by atoms with Crippen molar-refractivity contribution in [1.29, 1.82) is 0 Å². The Morgan fingerprint density at radius 2 is 1.75 bits per heavy atom. The van der Waals surface area contributed by atoms with E-state index in [4.69, 9.17) is 23.2 Å². The molecule has 0 aliphatic carbocycles. The van der Waals surface area contributed by atoms with Crippen LogP contribution in [0.25, 0.3) is 0 Å². The summed E-state index contributed by atoms with van der Waals surface area (Å²) < 4.78 is 0. The lowest BCUT2D eigenvalue weighted by Crippen LogP contribution is -2.49. The molecule has 0 saturated carbocycles. The highest BCUT2D eigenvalue weighted by molar-refractivity contribution is 6.42. The Hall–Kier alpha value is -1.55. The van der Waals surface area contributed by atoms with Crippen molar-refractivity contribution in [2.45, 2.75) is 25.8 Å². The van der Waals surface area contributed by atoms with E-state index in [-0.39, 0.29) is 11.4 Å². The summed E-state index contributed by atoms with van der Waals surface area (Å²) in [6.07, 6.45) is 0.949. The van der Waals surface area contributed by atoms with E-state index in [2.05, 4.69) is 36.6 Å². The first-order valence-electron chi connectivity index (χ1n) is 7.90. The van der Waals surface area contributed by atoms with Gasteiger partial charge in [0.25, 0.3) is 5.91 Å². The Labute approximate surface area is 153 Å². The predicted molar refractivity (Wildman–Crippen MR) is 101 cm³/mol. The number of halogens is 2. The van der Waals surface area contributed by atoms with Crippen LogP contribution < -0.4 is 10.6 Å². The van der Waals surface area contributed by atoms with Crippen LogP contribution in [0.4, 0.5) is 0 Å². The SMILES string of the molecule is CC(C)(CNC(=O)c1ccc(Cl)c(Cl)c1)NCCc1ccccc1. The van der Waals surface area contributed by atoms with E-state index in [1.165, 1.54) is 5.56 Å². The molecule has 2 rings (SSSR count). The maximum absolute atomic E-state index is 12.2. The van der Waals surface area contributed by atoms with Gasteiger partial charge in [-0.1, -0.05) is 53.5 Å². The van der Waals surface area contributed by atoms with Crippen molar-refractivity contribution in [3.8, 4) is 0 Å². The van der Waals surface area contributed by atoms with E-state index >= 15 is 0 Å². The molecule has 0 bridgehead atoms. The van der Waals surface area contributed by atoms with Crippen LogP contribution in [-0.2, 0) is 6.42 Å². The number of amides is 1. The molecule has 0 heterocycles. The summed E-state index contributed by atoms with van der Waals surface area (Å²) in [4.78, 5) is 12.2. The van der Waals surface area contributed by atoms with Gasteiger partial charge in [-0.3, -0.25) is 4.79 Å². The highest BCUT2D eigenvalue weighted by Crippen LogP contribution is 2.22. The lowest BCUT2D eigenvalue weighted by atomic mass is 10.0. The number of rotatable bonds is 7. The van der Waals surface area contributed by atoms with E-state index in [9.17, 15) is 4.79 Å². The monoisotopic (exact) mass is 364 g/mol. The van der Waals surface area contributed by atoms with E-state index in [0.717, 1.165) is 13.0 Å². The summed E-state index contributed by atoms with van der Waals surface area (Å²) in [5.41, 5.74) is 1.59. The minimum absolute atomic E-state index is 0.161. The highest BCUT2D eigenvalue weighted by atomic mass is 35.5. The van der Waals surface area contributed by atoms with Crippen molar-refractivity contribution in [2.24, 2.45) is 0 Å². The minimum atomic E-state index is -0.208. The molecule has 128 valence electrons. The van der Waals surface area contributed by atoms with E-state index in [0.29, 0.717) is 22.2 Å². The largest absolute Gasteiger partial charge is 0.350 e. The molecule has 0 spiro atoms. The van der Waals surface area contributed by atoms with Crippen LogP contribution >= 0.6 is 23.2 Å². The molecule has 0 fully saturated rings. The van der Waals surface area contributed by atoms with Gasteiger partial charge >= 0.3 is 0 Å². The molecule has 2 aromatic rings. The van der Waals surface area contributed by atoms with Gasteiger partial charge in [0.15, 0.2) is 0 Å². The molecule has 0 atom stereocenters. The van der Waals surface area contributed by atoms with Crippen LogP contribution in [0.5, 0.6) is 0 Å². The number of nitrogens with one attached hydrogen (secondary N) is 2.